The second-order valence-corrected chi connectivity index (χ2v) is 10.3. The van der Waals surface area contributed by atoms with Crippen molar-refractivity contribution in [2.24, 2.45) is 0 Å². The smallest absolute Gasteiger partial charge is 0.371 e. The van der Waals surface area contributed by atoms with Crippen LogP contribution in [0.1, 0.15) is 17.5 Å². The van der Waals surface area contributed by atoms with Crippen LogP contribution in [0, 0.1) is 0 Å². The molecule has 10 heteroatoms. The lowest BCUT2D eigenvalue weighted by atomic mass is 10.2. The average molecular weight is 518 g/mol. The van der Waals surface area contributed by atoms with Gasteiger partial charge in [0.05, 0.1) is 16.1 Å². The zero-order valence-corrected chi connectivity index (χ0v) is 20.2. The Hall–Kier alpha value is -3.53. The van der Waals surface area contributed by atoms with Gasteiger partial charge in [-0.25, -0.2) is 8.42 Å². The predicted molar refractivity (Wildman–Crippen MR) is 132 cm³/mol. The number of para-hydroxylation sites is 1. The van der Waals surface area contributed by atoms with E-state index in [1.54, 1.807) is 6.07 Å². The molecule has 190 valence electrons. The maximum Gasteiger partial charge on any atom is 0.416 e. The van der Waals surface area contributed by atoms with Crippen LogP contribution in [0.2, 0.25) is 0 Å². The van der Waals surface area contributed by atoms with Crippen LogP contribution in [-0.2, 0) is 27.4 Å². The minimum Gasteiger partial charge on any atom is -0.371 e. The van der Waals surface area contributed by atoms with Crippen LogP contribution < -0.4 is 14.5 Å². The number of carbonyl (C=O) groups is 1. The number of halogens is 3. The van der Waals surface area contributed by atoms with E-state index in [1.165, 1.54) is 41.6 Å². The molecule has 0 bridgehead atoms. The first-order valence-electron chi connectivity index (χ1n) is 11.5. The number of alkyl halides is 3. The molecule has 1 N–H and O–H groups in total. The van der Waals surface area contributed by atoms with E-state index in [9.17, 15) is 26.4 Å². The Morgan fingerprint density at radius 3 is 2.44 bits per heavy atom. The molecule has 0 saturated carbocycles. The number of fused-ring (bicyclic) bond motifs is 1. The fourth-order valence-corrected chi connectivity index (χ4v) is 5.63. The number of benzene rings is 3. The Balaban J connectivity index is 1.45. The maximum atomic E-state index is 13.3. The number of amides is 1. The standard InChI is InChI=1S/C26H26F3N3O3S/c27-26(28,29)21-9-6-10-22(18-21)32(36(34,35)23-11-2-1-3-12-23)19-25(33)30-15-7-16-31-17-14-20-8-4-5-13-24(20)31/h1-6,8-13,18H,7,14-17,19H2,(H,30,33). The first kappa shape index (κ1) is 25.6. The van der Waals surface area contributed by atoms with Gasteiger partial charge in [0.1, 0.15) is 6.54 Å². The zero-order chi connectivity index (χ0) is 25.8. The molecular formula is C26H26F3N3O3S. The second kappa shape index (κ2) is 10.6. The quantitative estimate of drug-likeness (QED) is 0.426. The van der Waals surface area contributed by atoms with Crippen LogP contribution in [0.5, 0.6) is 0 Å². The summed E-state index contributed by atoms with van der Waals surface area (Å²) in [5.41, 5.74) is 1.22. The van der Waals surface area contributed by atoms with Crippen molar-refractivity contribution in [1.29, 1.82) is 0 Å². The van der Waals surface area contributed by atoms with Crippen molar-refractivity contribution in [3.05, 3.63) is 90.0 Å². The summed E-state index contributed by atoms with van der Waals surface area (Å²) in [6, 6.07) is 19.4. The number of nitrogens with one attached hydrogen (secondary N) is 1. The number of rotatable bonds is 9. The van der Waals surface area contributed by atoms with E-state index < -0.39 is 34.2 Å². The summed E-state index contributed by atoms with van der Waals surface area (Å²) >= 11 is 0. The number of hydrogen-bond acceptors (Lipinski definition) is 4. The molecule has 0 spiro atoms. The lowest BCUT2D eigenvalue weighted by Gasteiger charge is -2.25. The van der Waals surface area contributed by atoms with Crippen LogP contribution >= 0.6 is 0 Å². The van der Waals surface area contributed by atoms with Crippen LogP contribution in [0.4, 0.5) is 24.5 Å². The molecule has 0 radical (unpaired) electrons. The van der Waals surface area contributed by atoms with Gasteiger partial charge in [-0.1, -0.05) is 42.5 Å². The van der Waals surface area contributed by atoms with Crippen LogP contribution in [0.3, 0.4) is 0 Å². The zero-order valence-electron chi connectivity index (χ0n) is 19.4. The van der Waals surface area contributed by atoms with Gasteiger partial charge >= 0.3 is 6.18 Å². The molecule has 1 aliphatic rings. The highest BCUT2D eigenvalue weighted by molar-refractivity contribution is 7.92. The van der Waals surface area contributed by atoms with Crippen LogP contribution in [0.25, 0.3) is 0 Å². The van der Waals surface area contributed by atoms with Gasteiger partial charge in [-0.3, -0.25) is 9.10 Å². The van der Waals surface area contributed by atoms with E-state index >= 15 is 0 Å². The van der Waals surface area contributed by atoms with Crippen molar-refractivity contribution < 1.29 is 26.4 Å². The monoisotopic (exact) mass is 517 g/mol. The Labute approximate surface area is 208 Å². The van der Waals surface area contributed by atoms with Crippen molar-refractivity contribution in [2.75, 3.05) is 35.4 Å². The van der Waals surface area contributed by atoms with Gasteiger partial charge in [0, 0.05) is 25.3 Å². The fraction of sp³-hybridized carbons (Fsp3) is 0.269. The molecule has 0 saturated heterocycles. The number of hydrogen-bond donors (Lipinski definition) is 1. The molecule has 36 heavy (non-hydrogen) atoms. The van der Waals surface area contributed by atoms with Crippen molar-refractivity contribution in [3.8, 4) is 0 Å². The van der Waals surface area contributed by atoms with Crippen molar-refractivity contribution in [1.82, 2.24) is 5.32 Å². The third-order valence-corrected chi connectivity index (χ3v) is 7.78. The molecule has 0 fully saturated rings. The van der Waals surface area contributed by atoms with Gasteiger partial charge < -0.3 is 10.2 Å². The molecule has 3 aromatic rings. The number of nitrogens with zero attached hydrogens (tertiary/aromatic N) is 2. The van der Waals surface area contributed by atoms with Gasteiger partial charge in [0.2, 0.25) is 5.91 Å². The van der Waals surface area contributed by atoms with Gasteiger partial charge in [-0.15, -0.1) is 0 Å². The van der Waals surface area contributed by atoms with Gasteiger partial charge in [0.25, 0.3) is 10.0 Å². The molecule has 4 rings (SSSR count). The molecule has 0 atom stereocenters. The third-order valence-electron chi connectivity index (χ3n) is 5.99. The molecule has 0 aliphatic carbocycles. The molecule has 1 amide bonds. The average Bonchev–Trinajstić information content (AvgIpc) is 3.28. The van der Waals surface area contributed by atoms with Gasteiger partial charge in [-0.05, 0) is 54.8 Å². The molecule has 3 aromatic carbocycles. The Morgan fingerprint density at radius 2 is 1.69 bits per heavy atom. The normalized spacial score (nSPS) is 13.4. The van der Waals surface area contributed by atoms with E-state index in [0.29, 0.717) is 17.3 Å². The fourth-order valence-electron chi connectivity index (χ4n) is 4.20. The summed E-state index contributed by atoms with van der Waals surface area (Å²) in [6.07, 6.45) is -3.06. The number of carbonyl (C=O) groups excluding carboxylic acids is 1. The van der Waals surface area contributed by atoms with Crippen molar-refractivity contribution >= 4 is 27.3 Å². The summed E-state index contributed by atoms with van der Waals surface area (Å²) in [5, 5.41) is 2.71. The number of sulfonamides is 1. The van der Waals surface area contributed by atoms with E-state index in [1.807, 2.05) is 12.1 Å². The highest BCUT2D eigenvalue weighted by atomic mass is 32.2. The SMILES string of the molecule is O=C(CN(c1cccc(C(F)(F)F)c1)S(=O)(=O)c1ccccc1)NCCCN1CCc2ccccc21. The van der Waals surface area contributed by atoms with Gasteiger partial charge in [0.15, 0.2) is 0 Å². The highest BCUT2D eigenvalue weighted by Crippen LogP contribution is 2.33. The lowest BCUT2D eigenvalue weighted by Crippen LogP contribution is -2.41. The lowest BCUT2D eigenvalue weighted by molar-refractivity contribution is -0.137. The first-order valence-corrected chi connectivity index (χ1v) is 12.9. The first-order chi connectivity index (χ1) is 17.2. The van der Waals surface area contributed by atoms with Gasteiger partial charge in [-0.2, -0.15) is 13.2 Å². The molecule has 6 nitrogen and oxygen atoms in total. The number of anilines is 2. The summed E-state index contributed by atoms with van der Waals surface area (Å²) < 4.78 is 67.2. The molecule has 0 aromatic heterocycles. The predicted octanol–water partition coefficient (Wildman–Crippen LogP) is 4.47. The van der Waals surface area contributed by atoms with E-state index in [4.69, 9.17) is 0 Å². The molecule has 1 aliphatic heterocycles. The van der Waals surface area contributed by atoms with Crippen molar-refractivity contribution in [2.45, 2.75) is 23.9 Å². The van der Waals surface area contributed by atoms with E-state index in [2.05, 4.69) is 22.3 Å². The molecular weight excluding hydrogens is 491 g/mol. The summed E-state index contributed by atoms with van der Waals surface area (Å²) in [4.78, 5) is 14.8. The minimum absolute atomic E-state index is 0.122. The minimum atomic E-state index is -4.66. The Bertz CT molecular complexity index is 1310. The van der Waals surface area contributed by atoms with E-state index in [-0.39, 0.29) is 10.6 Å². The second-order valence-electron chi connectivity index (χ2n) is 8.44. The van der Waals surface area contributed by atoms with E-state index in [0.717, 1.165) is 37.7 Å². The molecule has 0 unspecified atom stereocenters. The Kier molecular flexibility index (Phi) is 7.53. The topological polar surface area (TPSA) is 69.7 Å². The molecule has 1 heterocycles. The van der Waals surface area contributed by atoms with Crippen LogP contribution in [-0.4, -0.2) is 40.5 Å². The largest absolute Gasteiger partial charge is 0.416 e. The van der Waals surface area contributed by atoms with Crippen LogP contribution in [0.15, 0.2) is 83.8 Å². The summed E-state index contributed by atoms with van der Waals surface area (Å²) in [6.45, 7) is 1.27. The summed E-state index contributed by atoms with van der Waals surface area (Å²) in [7, 11) is -4.29. The third kappa shape index (κ3) is 5.81. The highest BCUT2D eigenvalue weighted by Gasteiger charge is 2.33. The van der Waals surface area contributed by atoms with Crippen molar-refractivity contribution in [3.63, 3.8) is 0 Å². The summed E-state index contributed by atoms with van der Waals surface area (Å²) in [5.74, 6) is -0.603. The Morgan fingerprint density at radius 1 is 0.972 bits per heavy atom. The maximum absolute atomic E-state index is 13.3.